The highest BCUT2D eigenvalue weighted by atomic mass is 16.7. The van der Waals surface area contributed by atoms with Gasteiger partial charge in [-0.1, -0.05) is 55.9 Å². The number of ether oxygens (including phenoxy) is 2. The smallest absolute Gasteiger partial charge is 0.216 e. The normalized spacial score (nSPS) is 34.8. The Morgan fingerprint density at radius 3 is 2.36 bits per heavy atom. The van der Waals surface area contributed by atoms with Crippen LogP contribution >= 0.6 is 0 Å². The second kappa shape index (κ2) is 12.6. The number of hydrogen-bond donors (Lipinski definition) is 2. The molecule has 6 atom stereocenters. The van der Waals surface area contributed by atoms with Crippen LogP contribution in [0.4, 0.5) is 0 Å². The fourth-order valence-electron chi connectivity index (χ4n) is 9.17. The zero-order valence-corrected chi connectivity index (χ0v) is 27.8. The van der Waals surface area contributed by atoms with Crippen molar-refractivity contribution in [3.63, 3.8) is 0 Å². The molecule has 1 aromatic rings. The molecule has 0 aromatic heterocycles. The highest BCUT2D eigenvalue weighted by Crippen LogP contribution is 2.65. The van der Waals surface area contributed by atoms with E-state index in [0.717, 1.165) is 69.8 Å². The summed E-state index contributed by atoms with van der Waals surface area (Å²) in [5.41, 5.74) is 6.17. The third-order valence-corrected chi connectivity index (χ3v) is 11.8. The van der Waals surface area contributed by atoms with Crippen molar-refractivity contribution in [1.29, 1.82) is 0 Å². The van der Waals surface area contributed by atoms with Gasteiger partial charge in [-0.05, 0) is 105 Å². The summed E-state index contributed by atoms with van der Waals surface area (Å²) in [6.07, 6.45) is 12.4. The molecule has 1 saturated heterocycles. The fourth-order valence-corrected chi connectivity index (χ4v) is 9.17. The number of aliphatic hydroxyl groups is 1. The SMILES string of the molecule is CC1(C)COC2(CCC3=C4C(c5ccc(C#CCC6CC6)cc5)CC5(C)C(O)CCC5C4CCC3C2)OC1.CCNC(C)=O. The minimum Gasteiger partial charge on any atom is -0.393 e. The molecule has 6 aliphatic rings. The van der Waals surface area contributed by atoms with Crippen LogP contribution in [-0.4, -0.2) is 42.7 Å². The van der Waals surface area contributed by atoms with Gasteiger partial charge in [-0.2, -0.15) is 0 Å². The number of carbonyl (C=O) groups excluding carboxylic acids is 1. The van der Waals surface area contributed by atoms with Gasteiger partial charge in [-0.25, -0.2) is 0 Å². The molecule has 1 aromatic carbocycles. The molecule has 1 heterocycles. The molecule has 6 unspecified atom stereocenters. The first-order chi connectivity index (χ1) is 21.0. The largest absolute Gasteiger partial charge is 0.393 e. The van der Waals surface area contributed by atoms with Crippen molar-refractivity contribution in [2.75, 3.05) is 19.8 Å². The summed E-state index contributed by atoms with van der Waals surface area (Å²) in [5.74, 6) is 9.53. The summed E-state index contributed by atoms with van der Waals surface area (Å²) in [6, 6.07) is 9.20. The van der Waals surface area contributed by atoms with E-state index in [1.54, 1.807) is 11.1 Å². The summed E-state index contributed by atoms with van der Waals surface area (Å²) >= 11 is 0. The number of nitrogens with one attached hydrogen (secondary N) is 1. The molecule has 240 valence electrons. The first kappa shape index (κ1) is 31.8. The fraction of sp³-hybridized carbons (Fsp3) is 0.718. The molecule has 5 fully saturated rings. The van der Waals surface area contributed by atoms with Gasteiger partial charge < -0.3 is 19.9 Å². The minimum atomic E-state index is -0.375. The summed E-state index contributed by atoms with van der Waals surface area (Å²) in [4.78, 5) is 9.93. The maximum atomic E-state index is 11.2. The maximum absolute atomic E-state index is 11.2. The molecule has 5 heteroatoms. The van der Waals surface area contributed by atoms with Gasteiger partial charge in [0.25, 0.3) is 0 Å². The number of benzene rings is 1. The second-order valence-corrected chi connectivity index (χ2v) is 15.8. The number of carbonyl (C=O) groups is 1. The van der Waals surface area contributed by atoms with Crippen molar-refractivity contribution in [1.82, 2.24) is 5.32 Å². The first-order valence-corrected chi connectivity index (χ1v) is 17.5. The van der Waals surface area contributed by atoms with Gasteiger partial charge >= 0.3 is 0 Å². The molecule has 2 N–H and O–H groups in total. The highest BCUT2D eigenvalue weighted by Gasteiger charge is 2.57. The lowest BCUT2D eigenvalue weighted by atomic mass is 9.52. The predicted octanol–water partition coefficient (Wildman–Crippen LogP) is 7.52. The van der Waals surface area contributed by atoms with Crippen LogP contribution in [0.3, 0.4) is 0 Å². The van der Waals surface area contributed by atoms with Crippen LogP contribution in [-0.2, 0) is 14.3 Å². The van der Waals surface area contributed by atoms with Gasteiger partial charge in [0.1, 0.15) is 0 Å². The van der Waals surface area contributed by atoms with Crippen LogP contribution in [0.1, 0.15) is 122 Å². The van der Waals surface area contributed by atoms with Crippen LogP contribution in [0.15, 0.2) is 35.4 Å². The van der Waals surface area contributed by atoms with Crippen molar-refractivity contribution < 1.29 is 19.4 Å². The lowest BCUT2D eigenvalue weighted by Crippen LogP contribution is -2.52. The molecule has 0 bridgehead atoms. The Labute approximate surface area is 265 Å². The molecule has 5 nitrogen and oxygen atoms in total. The number of fused-ring (bicyclic) bond motifs is 4. The molecule has 1 spiro atoms. The van der Waals surface area contributed by atoms with Gasteiger partial charge in [-0.3, -0.25) is 4.79 Å². The van der Waals surface area contributed by atoms with Gasteiger partial charge in [-0.15, -0.1) is 0 Å². The van der Waals surface area contributed by atoms with Crippen molar-refractivity contribution >= 4 is 5.91 Å². The van der Waals surface area contributed by atoms with E-state index < -0.39 is 0 Å². The first-order valence-electron chi connectivity index (χ1n) is 17.5. The van der Waals surface area contributed by atoms with E-state index >= 15 is 0 Å². The molecular formula is C39H55NO4. The monoisotopic (exact) mass is 601 g/mol. The molecule has 4 saturated carbocycles. The third-order valence-electron chi connectivity index (χ3n) is 11.8. The number of amides is 1. The van der Waals surface area contributed by atoms with Crippen LogP contribution in [0.25, 0.3) is 0 Å². The van der Waals surface area contributed by atoms with Crippen molar-refractivity contribution in [3.8, 4) is 11.8 Å². The summed E-state index contributed by atoms with van der Waals surface area (Å²) < 4.78 is 13.0. The number of aliphatic hydroxyl groups excluding tert-OH is 1. The molecule has 1 amide bonds. The van der Waals surface area contributed by atoms with Gasteiger partial charge in [0.05, 0.1) is 19.3 Å². The molecule has 7 rings (SSSR count). The topological polar surface area (TPSA) is 67.8 Å². The summed E-state index contributed by atoms with van der Waals surface area (Å²) in [6.45, 7) is 12.6. The Morgan fingerprint density at radius 2 is 1.73 bits per heavy atom. The van der Waals surface area contributed by atoms with Crippen molar-refractivity contribution in [3.05, 3.63) is 46.5 Å². The van der Waals surface area contributed by atoms with Gasteiger partial charge in [0, 0.05) is 49.6 Å². The lowest BCUT2D eigenvalue weighted by Gasteiger charge is -2.55. The van der Waals surface area contributed by atoms with E-state index in [0.29, 0.717) is 23.7 Å². The van der Waals surface area contributed by atoms with E-state index in [2.05, 4.69) is 62.2 Å². The Hall–Kier alpha value is -2.13. The Kier molecular flexibility index (Phi) is 9.10. The Balaban J connectivity index is 0.000000523. The number of hydrogen-bond acceptors (Lipinski definition) is 4. The van der Waals surface area contributed by atoms with Gasteiger partial charge in [0.2, 0.25) is 5.91 Å². The molecular weight excluding hydrogens is 546 g/mol. The van der Waals surface area contributed by atoms with Crippen molar-refractivity contribution in [2.24, 2.45) is 34.5 Å². The van der Waals surface area contributed by atoms with E-state index in [-0.39, 0.29) is 28.6 Å². The Bertz CT molecular complexity index is 1290. The van der Waals surface area contributed by atoms with Crippen LogP contribution in [0, 0.1) is 46.3 Å². The van der Waals surface area contributed by atoms with E-state index in [9.17, 15) is 9.90 Å². The zero-order valence-electron chi connectivity index (χ0n) is 27.8. The van der Waals surface area contributed by atoms with Gasteiger partial charge in [0.15, 0.2) is 5.79 Å². The molecule has 1 aliphatic heterocycles. The quantitative estimate of drug-likeness (QED) is 0.278. The van der Waals surface area contributed by atoms with E-state index in [4.69, 9.17) is 9.47 Å². The summed E-state index contributed by atoms with van der Waals surface area (Å²) in [5, 5.41) is 13.8. The second-order valence-electron chi connectivity index (χ2n) is 15.8. The van der Waals surface area contributed by atoms with E-state index in [1.165, 1.54) is 44.6 Å². The highest BCUT2D eigenvalue weighted by molar-refractivity contribution is 5.72. The maximum Gasteiger partial charge on any atom is 0.216 e. The third kappa shape index (κ3) is 6.55. The van der Waals surface area contributed by atoms with Crippen LogP contribution in [0.5, 0.6) is 0 Å². The Morgan fingerprint density at radius 1 is 1.00 bits per heavy atom. The van der Waals surface area contributed by atoms with Crippen molar-refractivity contribution in [2.45, 2.75) is 123 Å². The minimum absolute atomic E-state index is 0.0199. The number of rotatable bonds is 3. The summed E-state index contributed by atoms with van der Waals surface area (Å²) in [7, 11) is 0. The zero-order chi connectivity index (χ0) is 31.1. The number of allylic oxidation sites excluding steroid dienone is 2. The van der Waals surface area contributed by atoms with Crippen LogP contribution < -0.4 is 5.32 Å². The molecule has 0 radical (unpaired) electrons. The average molecular weight is 602 g/mol. The molecule has 5 aliphatic carbocycles. The predicted molar refractivity (Wildman–Crippen MR) is 175 cm³/mol. The molecule has 44 heavy (non-hydrogen) atoms. The van der Waals surface area contributed by atoms with E-state index in [1.807, 2.05) is 6.92 Å². The lowest BCUT2D eigenvalue weighted by molar-refractivity contribution is -0.312. The van der Waals surface area contributed by atoms with Crippen LogP contribution in [0.2, 0.25) is 0 Å². The average Bonchev–Trinajstić information content (AvgIpc) is 3.77. The standard InChI is InChI=1S/C35H46O3.C4H9NO/c1-33(2)21-37-35(38-22-33)18-17-27-26(19-35)13-14-28-30-15-16-31(36)34(30,3)20-29(32(27)28)25-11-9-24(10-12-25)6-4-5-23-7-8-23;1-3-5-4(2)6/h9-12,23,26,28-31,36H,5,7-8,13-22H2,1-3H3;3H2,1-2H3,(H,5,6).